The van der Waals surface area contributed by atoms with Crippen LogP contribution in [0, 0.1) is 5.92 Å². The molecule has 0 aromatic carbocycles. The van der Waals surface area contributed by atoms with Crippen molar-refractivity contribution in [1.82, 2.24) is 5.32 Å². The van der Waals surface area contributed by atoms with Gasteiger partial charge in [-0.2, -0.15) is 0 Å². The Balaban J connectivity index is 1.86. The molecule has 2 fully saturated rings. The Bertz CT molecular complexity index is 294. The Morgan fingerprint density at radius 3 is 2.82 bits per heavy atom. The van der Waals surface area contributed by atoms with Gasteiger partial charge in [-0.3, -0.25) is 4.79 Å². The van der Waals surface area contributed by atoms with Gasteiger partial charge in [-0.05, 0) is 25.7 Å². The molecule has 1 saturated heterocycles. The summed E-state index contributed by atoms with van der Waals surface area (Å²) in [4.78, 5) is 12.0. The molecule has 1 aliphatic heterocycles. The van der Waals surface area contributed by atoms with Crippen LogP contribution < -0.4 is 11.1 Å². The van der Waals surface area contributed by atoms with Crippen molar-refractivity contribution in [3.8, 4) is 0 Å². The van der Waals surface area contributed by atoms with Crippen LogP contribution in [0.15, 0.2) is 0 Å². The maximum atomic E-state index is 12.0. The van der Waals surface area contributed by atoms with Gasteiger partial charge >= 0.3 is 0 Å². The number of hydrogen-bond donors (Lipinski definition) is 2. The second-order valence-electron chi connectivity index (χ2n) is 5.43. The quantitative estimate of drug-likeness (QED) is 0.713. The van der Waals surface area contributed by atoms with Crippen LogP contribution in [-0.4, -0.2) is 43.9 Å². The first-order valence-corrected chi connectivity index (χ1v) is 6.20. The molecule has 0 aromatic rings. The van der Waals surface area contributed by atoms with Gasteiger partial charge in [0.1, 0.15) is 5.60 Å². The van der Waals surface area contributed by atoms with Crippen LogP contribution in [0.2, 0.25) is 0 Å². The smallest absolute Gasteiger partial charge is 0.240 e. The van der Waals surface area contributed by atoms with Crippen molar-refractivity contribution < 1.29 is 14.3 Å². The number of nitrogens with one attached hydrogen (secondary N) is 1. The van der Waals surface area contributed by atoms with E-state index in [4.69, 9.17) is 15.2 Å². The molecule has 1 amide bonds. The highest BCUT2D eigenvalue weighted by atomic mass is 16.5. The topological polar surface area (TPSA) is 73.6 Å². The number of rotatable bonds is 5. The molecule has 5 nitrogen and oxygen atoms in total. The van der Waals surface area contributed by atoms with E-state index in [1.165, 1.54) is 0 Å². The number of methoxy groups -OCH3 is 1. The summed E-state index contributed by atoms with van der Waals surface area (Å²) in [6.07, 6.45) is 2.92. The zero-order valence-electron chi connectivity index (χ0n) is 10.6. The average Bonchev–Trinajstić information content (AvgIpc) is 3.07. The minimum absolute atomic E-state index is 0.0803. The summed E-state index contributed by atoms with van der Waals surface area (Å²) in [5.41, 5.74) is 4.94. The summed E-state index contributed by atoms with van der Waals surface area (Å²) in [5, 5.41) is 2.91. The SMILES string of the molecule is COC1(CNC(=O)C(C)(N)C2CC2)CCOC1. The van der Waals surface area contributed by atoms with Gasteiger partial charge < -0.3 is 20.5 Å². The fraction of sp³-hybridized carbons (Fsp3) is 0.917. The first-order chi connectivity index (χ1) is 8.00. The summed E-state index contributed by atoms with van der Waals surface area (Å²) in [6, 6.07) is 0. The molecular formula is C12H22N2O3. The molecule has 1 aliphatic carbocycles. The van der Waals surface area contributed by atoms with Crippen LogP contribution in [0.1, 0.15) is 26.2 Å². The van der Waals surface area contributed by atoms with Gasteiger partial charge in [-0.1, -0.05) is 0 Å². The van der Waals surface area contributed by atoms with Crippen LogP contribution >= 0.6 is 0 Å². The standard InChI is InChI=1S/C12H22N2O3/c1-11(13,9-3-4-9)10(15)14-7-12(16-2)5-6-17-8-12/h9H,3-8,13H2,1-2H3,(H,14,15). The fourth-order valence-electron chi connectivity index (χ4n) is 2.26. The molecule has 0 bridgehead atoms. The van der Waals surface area contributed by atoms with Crippen LogP contribution in [0.4, 0.5) is 0 Å². The molecule has 2 rings (SSSR count). The second-order valence-corrected chi connectivity index (χ2v) is 5.43. The van der Waals surface area contributed by atoms with E-state index in [9.17, 15) is 4.79 Å². The van der Waals surface area contributed by atoms with Gasteiger partial charge in [0.25, 0.3) is 0 Å². The predicted octanol–water partition coefficient (Wildman–Crippen LogP) is 0.0355. The van der Waals surface area contributed by atoms with Crippen molar-refractivity contribution in [3.05, 3.63) is 0 Å². The van der Waals surface area contributed by atoms with Crippen molar-refractivity contribution in [1.29, 1.82) is 0 Å². The van der Waals surface area contributed by atoms with Crippen LogP contribution in [-0.2, 0) is 14.3 Å². The van der Waals surface area contributed by atoms with Gasteiger partial charge in [-0.25, -0.2) is 0 Å². The number of carbonyl (C=O) groups is 1. The van der Waals surface area contributed by atoms with Crippen molar-refractivity contribution in [3.63, 3.8) is 0 Å². The molecule has 0 radical (unpaired) electrons. The van der Waals surface area contributed by atoms with Crippen molar-refractivity contribution in [2.45, 2.75) is 37.3 Å². The van der Waals surface area contributed by atoms with Crippen molar-refractivity contribution in [2.24, 2.45) is 11.7 Å². The summed E-state index contributed by atoms with van der Waals surface area (Å²) >= 11 is 0. The van der Waals surface area contributed by atoms with Gasteiger partial charge in [0.15, 0.2) is 0 Å². The van der Waals surface area contributed by atoms with E-state index in [1.54, 1.807) is 7.11 Å². The largest absolute Gasteiger partial charge is 0.378 e. The molecule has 1 saturated carbocycles. The van der Waals surface area contributed by atoms with Crippen molar-refractivity contribution in [2.75, 3.05) is 26.9 Å². The van der Waals surface area contributed by atoms with Gasteiger partial charge in [-0.15, -0.1) is 0 Å². The number of carbonyl (C=O) groups excluding carboxylic acids is 1. The number of nitrogens with two attached hydrogens (primary N) is 1. The molecular weight excluding hydrogens is 220 g/mol. The van der Waals surface area contributed by atoms with E-state index >= 15 is 0 Å². The number of hydrogen-bond acceptors (Lipinski definition) is 4. The Labute approximate surface area is 102 Å². The first-order valence-electron chi connectivity index (χ1n) is 6.20. The highest BCUT2D eigenvalue weighted by molar-refractivity contribution is 5.86. The Hall–Kier alpha value is -0.650. The molecule has 1 heterocycles. The minimum atomic E-state index is -0.742. The van der Waals surface area contributed by atoms with E-state index in [0.29, 0.717) is 25.7 Å². The molecule has 2 atom stereocenters. The zero-order valence-corrected chi connectivity index (χ0v) is 10.6. The lowest BCUT2D eigenvalue weighted by atomic mass is 9.95. The van der Waals surface area contributed by atoms with Gasteiger partial charge in [0, 0.05) is 26.7 Å². The average molecular weight is 242 g/mol. The highest BCUT2D eigenvalue weighted by Gasteiger charge is 2.45. The van der Waals surface area contributed by atoms with E-state index in [2.05, 4.69) is 5.32 Å². The van der Waals surface area contributed by atoms with Crippen LogP contribution in [0.5, 0.6) is 0 Å². The van der Waals surface area contributed by atoms with Gasteiger partial charge in [0.2, 0.25) is 5.91 Å². The van der Waals surface area contributed by atoms with E-state index in [0.717, 1.165) is 19.3 Å². The Morgan fingerprint density at radius 1 is 1.65 bits per heavy atom. The molecule has 0 spiro atoms. The highest BCUT2D eigenvalue weighted by Crippen LogP contribution is 2.38. The third kappa shape index (κ3) is 2.61. The summed E-state index contributed by atoms with van der Waals surface area (Å²) in [5.74, 6) is 0.254. The third-order valence-corrected chi connectivity index (χ3v) is 3.99. The van der Waals surface area contributed by atoms with Crippen molar-refractivity contribution >= 4 is 5.91 Å². The lowest BCUT2D eigenvalue weighted by Crippen LogP contribution is -2.56. The van der Waals surface area contributed by atoms with E-state index in [1.807, 2.05) is 6.92 Å². The fourth-order valence-corrected chi connectivity index (χ4v) is 2.26. The maximum absolute atomic E-state index is 12.0. The lowest BCUT2D eigenvalue weighted by molar-refractivity contribution is -0.128. The monoisotopic (exact) mass is 242 g/mol. The van der Waals surface area contributed by atoms with Gasteiger partial charge in [0.05, 0.1) is 12.1 Å². The van der Waals surface area contributed by atoms with E-state index in [-0.39, 0.29) is 11.5 Å². The summed E-state index contributed by atoms with van der Waals surface area (Å²) in [7, 11) is 1.66. The predicted molar refractivity (Wildman–Crippen MR) is 63.5 cm³/mol. The van der Waals surface area contributed by atoms with E-state index < -0.39 is 5.54 Å². The van der Waals surface area contributed by atoms with Crippen LogP contribution in [0.25, 0.3) is 0 Å². The molecule has 17 heavy (non-hydrogen) atoms. The maximum Gasteiger partial charge on any atom is 0.240 e. The van der Waals surface area contributed by atoms with Crippen LogP contribution in [0.3, 0.4) is 0 Å². The number of amides is 1. The summed E-state index contributed by atoms with van der Waals surface area (Å²) < 4.78 is 10.8. The molecule has 98 valence electrons. The third-order valence-electron chi connectivity index (χ3n) is 3.99. The molecule has 2 unspecified atom stereocenters. The molecule has 3 N–H and O–H groups in total. The first kappa shape index (κ1) is 12.8. The molecule has 5 heteroatoms. The normalized spacial score (nSPS) is 32.2. The minimum Gasteiger partial charge on any atom is -0.378 e. The Kier molecular flexibility index (Phi) is 3.43. The molecule has 2 aliphatic rings. The zero-order chi connectivity index (χ0) is 12.5. The summed E-state index contributed by atoms with van der Waals surface area (Å²) in [6.45, 7) is 3.51. The second kappa shape index (κ2) is 4.55. The number of ether oxygens (including phenoxy) is 2. The molecule has 0 aromatic heterocycles. The Morgan fingerprint density at radius 2 is 2.35 bits per heavy atom. The lowest BCUT2D eigenvalue weighted by Gasteiger charge is -2.29.